The number of nitrogens with one attached hydrogen (secondary N) is 2. The van der Waals surface area contributed by atoms with Gasteiger partial charge in [-0.05, 0) is 36.8 Å². The van der Waals surface area contributed by atoms with Crippen molar-refractivity contribution in [3.63, 3.8) is 0 Å². The third-order valence-corrected chi connectivity index (χ3v) is 5.19. The molecule has 0 aromatic heterocycles. The minimum Gasteiger partial charge on any atom is -0.462 e. The van der Waals surface area contributed by atoms with Crippen LogP contribution < -0.4 is 16.4 Å². The number of carbonyl (C=O) groups is 2. The first kappa shape index (κ1) is 18.5. The van der Waals surface area contributed by atoms with E-state index in [1.165, 1.54) is 19.3 Å². The number of benzene rings is 1. The topological polar surface area (TPSA) is 95.1 Å². The van der Waals surface area contributed by atoms with Gasteiger partial charge in [-0.2, -0.15) is 0 Å². The van der Waals surface area contributed by atoms with E-state index in [1.54, 1.807) is 0 Å². The summed E-state index contributed by atoms with van der Waals surface area (Å²) in [6, 6.07) is 6.73. The molecule has 2 amide bonds. The van der Waals surface area contributed by atoms with E-state index in [9.17, 15) is 9.59 Å². The van der Waals surface area contributed by atoms with Crippen LogP contribution in [-0.4, -0.2) is 18.6 Å². The fourth-order valence-corrected chi connectivity index (χ4v) is 3.79. The molecule has 6 nitrogen and oxygen atoms in total. The standard InChI is InChI=1S/C20H27N3O3/c1-2-16-17(19(24)26-12-13-7-4-3-5-8-13)18(23-20(25)22-16)14-9-6-10-15(21)11-14/h6,9-11,13,18H,2-5,7-8,12,21H2,1H3,(H2,22,23,25)/p+1. The molecule has 1 aromatic carbocycles. The van der Waals surface area contributed by atoms with Crippen molar-refractivity contribution in [1.82, 2.24) is 10.6 Å². The number of carbonyl (C=O) groups excluding carboxylic acids is 2. The molecule has 1 heterocycles. The molecule has 5 N–H and O–H groups in total. The lowest BCUT2D eigenvalue weighted by Gasteiger charge is -2.29. The number of quaternary nitrogens is 1. The van der Waals surface area contributed by atoms with Crippen LogP contribution in [0.3, 0.4) is 0 Å². The largest absolute Gasteiger partial charge is 0.462 e. The predicted octanol–water partition coefficient (Wildman–Crippen LogP) is 2.70. The summed E-state index contributed by atoms with van der Waals surface area (Å²) in [7, 11) is 0. The number of hydrogen-bond acceptors (Lipinski definition) is 3. The van der Waals surface area contributed by atoms with Crippen molar-refractivity contribution >= 4 is 17.7 Å². The first-order chi connectivity index (χ1) is 12.6. The van der Waals surface area contributed by atoms with Gasteiger partial charge in [-0.3, -0.25) is 0 Å². The van der Waals surface area contributed by atoms with Crippen molar-refractivity contribution in [2.75, 3.05) is 6.61 Å². The summed E-state index contributed by atoms with van der Waals surface area (Å²) in [5.41, 5.74) is 6.73. The first-order valence-electron chi connectivity index (χ1n) is 9.48. The Morgan fingerprint density at radius 2 is 2.04 bits per heavy atom. The second-order valence-corrected chi connectivity index (χ2v) is 7.12. The van der Waals surface area contributed by atoms with Crippen molar-refractivity contribution < 1.29 is 20.1 Å². The first-order valence-corrected chi connectivity index (χ1v) is 9.48. The van der Waals surface area contributed by atoms with Crippen LogP contribution >= 0.6 is 0 Å². The van der Waals surface area contributed by atoms with Gasteiger partial charge in [-0.1, -0.05) is 38.3 Å². The third-order valence-electron chi connectivity index (χ3n) is 5.19. The lowest BCUT2D eigenvalue weighted by molar-refractivity contribution is -0.254. The van der Waals surface area contributed by atoms with Crippen LogP contribution in [0.25, 0.3) is 0 Å². The van der Waals surface area contributed by atoms with E-state index in [0.717, 1.165) is 24.1 Å². The Morgan fingerprint density at radius 1 is 1.27 bits per heavy atom. The molecular formula is C20H28N3O3+. The SMILES string of the molecule is CCC1=C(C(=O)OCC2CCCCC2)C(c2cccc([NH3+])c2)NC(=O)N1. The Balaban J connectivity index is 1.82. The van der Waals surface area contributed by atoms with E-state index in [4.69, 9.17) is 4.74 Å². The van der Waals surface area contributed by atoms with E-state index in [2.05, 4.69) is 16.4 Å². The van der Waals surface area contributed by atoms with Crippen LogP contribution in [-0.2, 0) is 9.53 Å². The minimum absolute atomic E-state index is 0.301. The molecule has 26 heavy (non-hydrogen) atoms. The van der Waals surface area contributed by atoms with Gasteiger partial charge in [0.25, 0.3) is 0 Å². The number of rotatable bonds is 5. The summed E-state index contributed by atoms with van der Waals surface area (Å²) in [6.07, 6.45) is 6.49. The molecule has 0 saturated heterocycles. The molecular weight excluding hydrogens is 330 g/mol. The fraction of sp³-hybridized carbons (Fsp3) is 0.500. The molecule has 3 rings (SSSR count). The van der Waals surface area contributed by atoms with E-state index in [1.807, 2.05) is 31.2 Å². The van der Waals surface area contributed by atoms with Crippen LogP contribution in [0.1, 0.15) is 57.1 Å². The molecule has 1 fully saturated rings. The van der Waals surface area contributed by atoms with Crippen LogP contribution in [0.5, 0.6) is 0 Å². The molecule has 1 atom stereocenters. The molecule has 0 spiro atoms. The Morgan fingerprint density at radius 3 is 2.73 bits per heavy atom. The Kier molecular flexibility index (Phi) is 5.93. The van der Waals surface area contributed by atoms with Crippen molar-refractivity contribution in [2.24, 2.45) is 5.92 Å². The highest BCUT2D eigenvalue weighted by atomic mass is 16.5. The lowest BCUT2D eigenvalue weighted by atomic mass is 9.90. The highest BCUT2D eigenvalue weighted by Crippen LogP contribution is 2.30. The van der Waals surface area contributed by atoms with Crippen molar-refractivity contribution in [1.29, 1.82) is 0 Å². The summed E-state index contributed by atoms with van der Waals surface area (Å²) < 4.78 is 5.67. The highest BCUT2D eigenvalue weighted by Gasteiger charge is 2.33. The number of amides is 2. The summed E-state index contributed by atoms with van der Waals surface area (Å²) in [6.45, 7) is 2.37. The monoisotopic (exact) mass is 358 g/mol. The molecule has 1 saturated carbocycles. The van der Waals surface area contributed by atoms with Crippen molar-refractivity contribution in [3.05, 3.63) is 41.1 Å². The third kappa shape index (κ3) is 4.25. The molecule has 1 unspecified atom stereocenters. The van der Waals surface area contributed by atoms with Crippen molar-refractivity contribution in [2.45, 2.75) is 51.5 Å². The zero-order chi connectivity index (χ0) is 18.5. The number of esters is 1. The highest BCUT2D eigenvalue weighted by molar-refractivity contribution is 5.95. The zero-order valence-electron chi connectivity index (χ0n) is 15.3. The molecule has 1 aliphatic heterocycles. The Hall–Kier alpha value is -2.34. The van der Waals surface area contributed by atoms with Crippen LogP contribution in [0, 0.1) is 5.92 Å². The minimum atomic E-state index is -0.515. The molecule has 0 bridgehead atoms. The molecule has 2 aliphatic rings. The number of allylic oxidation sites excluding steroid dienone is 1. The van der Waals surface area contributed by atoms with Gasteiger partial charge in [-0.15, -0.1) is 0 Å². The van der Waals surface area contributed by atoms with Crippen LogP contribution in [0.2, 0.25) is 0 Å². The maximum absolute atomic E-state index is 12.9. The van der Waals surface area contributed by atoms with Gasteiger partial charge in [0, 0.05) is 11.8 Å². The quantitative estimate of drug-likeness (QED) is 0.706. The van der Waals surface area contributed by atoms with Crippen LogP contribution in [0.15, 0.2) is 35.5 Å². The fourth-order valence-electron chi connectivity index (χ4n) is 3.79. The van der Waals surface area contributed by atoms with Gasteiger partial charge in [-0.25, -0.2) is 9.59 Å². The van der Waals surface area contributed by atoms with E-state index >= 15 is 0 Å². The molecule has 1 aliphatic carbocycles. The normalized spacial score (nSPS) is 21.2. The molecule has 1 aromatic rings. The smallest absolute Gasteiger partial charge is 0.338 e. The average Bonchev–Trinajstić information content (AvgIpc) is 2.66. The molecule has 140 valence electrons. The number of hydrogen-bond donors (Lipinski definition) is 3. The van der Waals surface area contributed by atoms with E-state index < -0.39 is 6.04 Å². The summed E-state index contributed by atoms with van der Waals surface area (Å²) in [5, 5.41) is 5.62. The summed E-state index contributed by atoms with van der Waals surface area (Å²) in [5.74, 6) is 0.102. The number of ether oxygens (including phenoxy) is 1. The summed E-state index contributed by atoms with van der Waals surface area (Å²) >= 11 is 0. The van der Waals surface area contributed by atoms with Gasteiger partial charge in [0.05, 0.1) is 18.2 Å². The average molecular weight is 358 g/mol. The zero-order valence-corrected chi connectivity index (χ0v) is 15.3. The second-order valence-electron chi connectivity index (χ2n) is 7.12. The molecule has 0 radical (unpaired) electrons. The van der Waals surface area contributed by atoms with Gasteiger partial charge in [0.2, 0.25) is 0 Å². The Labute approximate surface area is 154 Å². The van der Waals surface area contributed by atoms with Crippen molar-refractivity contribution in [3.8, 4) is 0 Å². The molecule has 6 heteroatoms. The van der Waals surface area contributed by atoms with Gasteiger partial charge < -0.3 is 21.1 Å². The lowest BCUT2D eigenvalue weighted by Crippen LogP contribution is -2.46. The van der Waals surface area contributed by atoms with E-state index in [-0.39, 0.29) is 12.0 Å². The maximum Gasteiger partial charge on any atom is 0.338 e. The van der Waals surface area contributed by atoms with Gasteiger partial charge in [0.15, 0.2) is 0 Å². The Bertz CT molecular complexity index is 708. The maximum atomic E-state index is 12.9. The van der Waals surface area contributed by atoms with Gasteiger partial charge >= 0.3 is 12.0 Å². The van der Waals surface area contributed by atoms with Crippen LogP contribution in [0.4, 0.5) is 10.5 Å². The van der Waals surface area contributed by atoms with E-state index in [0.29, 0.717) is 30.2 Å². The summed E-state index contributed by atoms with van der Waals surface area (Å²) in [4.78, 5) is 24.9. The van der Waals surface area contributed by atoms with Gasteiger partial charge in [0.1, 0.15) is 5.69 Å². The number of urea groups is 1. The second kappa shape index (κ2) is 8.36. The predicted molar refractivity (Wildman–Crippen MR) is 98.2 cm³/mol.